The highest BCUT2D eigenvalue weighted by atomic mass is 35.5. The molecule has 1 fully saturated rings. The maximum Gasteiger partial charge on any atom is 0.341 e. The van der Waals surface area contributed by atoms with Gasteiger partial charge < -0.3 is 9.47 Å². The zero-order chi connectivity index (χ0) is 13.0. The minimum atomic E-state index is -0.428. The van der Waals surface area contributed by atoms with E-state index in [9.17, 15) is 4.79 Å². The normalized spacial score (nSPS) is 18.9. The molecule has 1 unspecified atom stereocenters. The predicted molar refractivity (Wildman–Crippen MR) is 65.7 cm³/mol. The predicted octanol–water partition coefficient (Wildman–Crippen LogP) is 1.90. The van der Waals surface area contributed by atoms with Gasteiger partial charge >= 0.3 is 5.97 Å². The molecule has 6 heteroatoms. The van der Waals surface area contributed by atoms with Crippen LogP contribution in [0.25, 0.3) is 0 Å². The first-order valence-electron chi connectivity index (χ1n) is 5.93. The van der Waals surface area contributed by atoms with Gasteiger partial charge in [0, 0.05) is 18.7 Å². The van der Waals surface area contributed by atoms with Crippen LogP contribution in [0.3, 0.4) is 0 Å². The van der Waals surface area contributed by atoms with Gasteiger partial charge in [-0.25, -0.2) is 14.8 Å². The molecule has 1 atom stereocenters. The third-order valence-electron chi connectivity index (χ3n) is 2.80. The van der Waals surface area contributed by atoms with Crippen LogP contribution in [0.15, 0.2) is 6.20 Å². The Kier molecular flexibility index (Phi) is 4.49. The molecule has 0 bridgehead atoms. The van der Waals surface area contributed by atoms with Crippen molar-refractivity contribution < 1.29 is 14.3 Å². The maximum absolute atomic E-state index is 11.7. The highest BCUT2D eigenvalue weighted by Gasteiger charge is 2.23. The zero-order valence-electron chi connectivity index (χ0n) is 10.2. The third-order valence-corrected chi connectivity index (χ3v) is 3.06. The number of carbonyl (C=O) groups is 1. The minimum absolute atomic E-state index is 0.164. The number of esters is 1. The van der Waals surface area contributed by atoms with Crippen LogP contribution < -0.4 is 0 Å². The summed E-state index contributed by atoms with van der Waals surface area (Å²) in [5, 5.41) is 0. The van der Waals surface area contributed by atoms with E-state index in [1.807, 2.05) is 0 Å². The quantitative estimate of drug-likeness (QED) is 0.618. The minimum Gasteiger partial charge on any atom is -0.462 e. The molecule has 0 radical (unpaired) electrons. The summed E-state index contributed by atoms with van der Waals surface area (Å²) in [6.07, 6.45) is 2.40. The van der Waals surface area contributed by atoms with Gasteiger partial charge in [-0.2, -0.15) is 0 Å². The molecule has 1 aliphatic rings. The molecule has 2 heterocycles. The Morgan fingerprint density at radius 2 is 2.50 bits per heavy atom. The Labute approximate surface area is 110 Å². The van der Waals surface area contributed by atoms with E-state index in [1.54, 1.807) is 6.92 Å². The van der Waals surface area contributed by atoms with Gasteiger partial charge in [0.05, 0.1) is 24.8 Å². The van der Waals surface area contributed by atoms with Crippen LogP contribution in [0.2, 0.25) is 0 Å². The third kappa shape index (κ3) is 2.79. The fourth-order valence-electron chi connectivity index (χ4n) is 1.85. The van der Waals surface area contributed by atoms with Gasteiger partial charge in [-0.15, -0.1) is 11.6 Å². The first kappa shape index (κ1) is 13.2. The van der Waals surface area contributed by atoms with Crippen LogP contribution >= 0.6 is 11.6 Å². The molecule has 98 valence electrons. The van der Waals surface area contributed by atoms with Gasteiger partial charge in [0.15, 0.2) is 0 Å². The molecule has 0 aromatic carbocycles. The Hall–Kier alpha value is -1.20. The second kappa shape index (κ2) is 6.11. The molecule has 0 saturated carbocycles. The average Bonchev–Trinajstić information content (AvgIpc) is 2.92. The molecule has 18 heavy (non-hydrogen) atoms. The molecule has 0 N–H and O–H groups in total. The molecular formula is C12H15ClN2O3. The summed E-state index contributed by atoms with van der Waals surface area (Å²) in [5.41, 5.74) is 0.863. The van der Waals surface area contributed by atoms with Crippen molar-refractivity contribution in [3.63, 3.8) is 0 Å². The second-order valence-corrected chi connectivity index (χ2v) is 4.27. The van der Waals surface area contributed by atoms with E-state index in [4.69, 9.17) is 21.1 Å². The van der Waals surface area contributed by atoms with Crippen LogP contribution in [0.5, 0.6) is 0 Å². The standard InChI is InChI=1S/C12H15ClN2O3/c1-2-18-12(16)9-6-14-11(15-10(9)5-13)8-3-4-17-7-8/h6,8H,2-5,7H2,1H3. The second-order valence-electron chi connectivity index (χ2n) is 4.00. The van der Waals surface area contributed by atoms with Crippen LogP contribution in [-0.4, -0.2) is 35.8 Å². The van der Waals surface area contributed by atoms with Crippen LogP contribution in [0.4, 0.5) is 0 Å². The lowest BCUT2D eigenvalue weighted by molar-refractivity contribution is 0.0524. The van der Waals surface area contributed by atoms with Gasteiger partial charge in [-0.1, -0.05) is 0 Å². The molecule has 1 aromatic rings. The van der Waals surface area contributed by atoms with Crippen molar-refractivity contribution in [2.45, 2.75) is 25.1 Å². The van der Waals surface area contributed by atoms with E-state index in [1.165, 1.54) is 6.20 Å². The summed E-state index contributed by atoms with van der Waals surface area (Å²) in [6.45, 7) is 3.42. The summed E-state index contributed by atoms with van der Waals surface area (Å²) in [7, 11) is 0. The number of halogens is 1. The molecule has 0 aliphatic carbocycles. The summed E-state index contributed by atoms with van der Waals surface area (Å²) >= 11 is 5.83. The van der Waals surface area contributed by atoms with Crippen LogP contribution in [0.1, 0.15) is 41.1 Å². The number of hydrogen-bond donors (Lipinski definition) is 0. The molecule has 1 aromatic heterocycles. The average molecular weight is 271 g/mol. The van der Waals surface area contributed by atoms with E-state index < -0.39 is 5.97 Å². The molecule has 1 aliphatic heterocycles. The van der Waals surface area contributed by atoms with Crippen molar-refractivity contribution in [3.05, 3.63) is 23.3 Å². The number of carbonyl (C=O) groups excluding carboxylic acids is 1. The number of rotatable bonds is 4. The topological polar surface area (TPSA) is 61.3 Å². The molecule has 1 saturated heterocycles. The highest BCUT2D eigenvalue weighted by molar-refractivity contribution is 6.17. The van der Waals surface area contributed by atoms with Crippen molar-refractivity contribution in [1.29, 1.82) is 0 Å². The van der Waals surface area contributed by atoms with E-state index in [0.717, 1.165) is 13.0 Å². The Bertz CT molecular complexity index is 433. The van der Waals surface area contributed by atoms with Gasteiger partial charge in [-0.3, -0.25) is 0 Å². The Morgan fingerprint density at radius 3 is 3.11 bits per heavy atom. The van der Waals surface area contributed by atoms with Crippen LogP contribution in [-0.2, 0) is 15.4 Å². The summed E-state index contributed by atoms with van der Waals surface area (Å²) in [4.78, 5) is 20.2. The Balaban J connectivity index is 2.24. The fraction of sp³-hybridized carbons (Fsp3) is 0.583. The molecule has 0 spiro atoms. The Morgan fingerprint density at radius 1 is 1.67 bits per heavy atom. The fourth-order valence-corrected chi connectivity index (χ4v) is 2.05. The van der Waals surface area contributed by atoms with Crippen LogP contribution in [0, 0.1) is 0 Å². The van der Waals surface area contributed by atoms with Gasteiger partial charge in [-0.05, 0) is 13.3 Å². The first-order chi connectivity index (χ1) is 8.76. The molecule has 0 amide bonds. The van der Waals surface area contributed by atoms with E-state index >= 15 is 0 Å². The molecule has 5 nitrogen and oxygen atoms in total. The summed E-state index contributed by atoms with van der Waals surface area (Å²) in [5.74, 6) is 0.624. The van der Waals surface area contributed by atoms with Gasteiger partial charge in [0.1, 0.15) is 11.4 Å². The van der Waals surface area contributed by atoms with E-state index in [0.29, 0.717) is 30.3 Å². The number of aromatic nitrogens is 2. The number of nitrogens with zero attached hydrogens (tertiary/aromatic N) is 2. The largest absolute Gasteiger partial charge is 0.462 e. The lowest BCUT2D eigenvalue weighted by Gasteiger charge is -2.10. The zero-order valence-corrected chi connectivity index (χ0v) is 10.9. The van der Waals surface area contributed by atoms with Gasteiger partial charge in [0.2, 0.25) is 0 Å². The smallest absolute Gasteiger partial charge is 0.341 e. The van der Waals surface area contributed by atoms with Crippen molar-refractivity contribution in [3.8, 4) is 0 Å². The number of hydrogen-bond acceptors (Lipinski definition) is 5. The van der Waals surface area contributed by atoms with E-state index in [2.05, 4.69) is 9.97 Å². The maximum atomic E-state index is 11.7. The summed E-state index contributed by atoms with van der Waals surface area (Å²) < 4.78 is 10.2. The van der Waals surface area contributed by atoms with Crippen molar-refractivity contribution in [2.24, 2.45) is 0 Å². The molecule has 2 rings (SSSR count). The number of ether oxygens (including phenoxy) is 2. The lowest BCUT2D eigenvalue weighted by Crippen LogP contribution is -2.13. The summed E-state index contributed by atoms with van der Waals surface area (Å²) in [6, 6.07) is 0. The first-order valence-corrected chi connectivity index (χ1v) is 6.46. The van der Waals surface area contributed by atoms with Crippen molar-refractivity contribution in [1.82, 2.24) is 9.97 Å². The van der Waals surface area contributed by atoms with Crippen molar-refractivity contribution >= 4 is 17.6 Å². The van der Waals surface area contributed by atoms with Crippen molar-refractivity contribution in [2.75, 3.05) is 19.8 Å². The highest BCUT2D eigenvalue weighted by Crippen LogP contribution is 2.23. The molecular weight excluding hydrogens is 256 g/mol. The van der Waals surface area contributed by atoms with E-state index in [-0.39, 0.29) is 11.8 Å². The lowest BCUT2D eigenvalue weighted by atomic mass is 10.1. The number of alkyl halides is 1. The monoisotopic (exact) mass is 270 g/mol. The SMILES string of the molecule is CCOC(=O)c1cnc(C2CCOC2)nc1CCl. The van der Waals surface area contributed by atoms with Gasteiger partial charge in [0.25, 0.3) is 0 Å².